The average Bonchev–Trinajstić information content (AvgIpc) is 2.19. The third kappa shape index (κ3) is 4.09. The number of nitrogens with one attached hydrogen (secondary N) is 1. The van der Waals surface area contributed by atoms with E-state index in [1.165, 1.54) is 12.1 Å². The smallest absolute Gasteiger partial charge is 0.241 e. The summed E-state index contributed by atoms with van der Waals surface area (Å²) >= 11 is 5.84. The summed E-state index contributed by atoms with van der Waals surface area (Å²) in [6.45, 7) is 4.76. The van der Waals surface area contributed by atoms with Gasteiger partial charge in [-0.1, -0.05) is 11.6 Å². The van der Waals surface area contributed by atoms with Gasteiger partial charge in [0, 0.05) is 12.0 Å². The average molecular weight is 320 g/mol. The number of benzene rings is 1. The molecule has 0 bridgehead atoms. The zero-order chi connectivity index (χ0) is 15.7. The number of carbonyl (C=O) groups excluding carboxylic acids is 1. The molecule has 0 heterocycles. The summed E-state index contributed by atoms with van der Waals surface area (Å²) in [5.74, 6) is -0.593. The summed E-state index contributed by atoms with van der Waals surface area (Å²) in [5, 5.41) is 0.290. The third-order valence-electron chi connectivity index (χ3n) is 2.61. The van der Waals surface area contributed by atoms with Gasteiger partial charge in [-0.05, 0) is 38.5 Å². The van der Waals surface area contributed by atoms with Crippen molar-refractivity contribution in [2.45, 2.75) is 37.6 Å². The maximum atomic E-state index is 12.4. The van der Waals surface area contributed by atoms with Crippen molar-refractivity contribution in [1.82, 2.24) is 4.72 Å². The minimum Gasteiger partial charge on any atom is -0.397 e. The Hall–Kier alpha value is -1.31. The van der Waals surface area contributed by atoms with Crippen LogP contribution in [0.25, 0.3) is 0 Å². The molecule has 1 aromatic rings. The summed E-state index contributed by atoms with van der Waals surface area (Å²) in [5.41, 5.74) is 10.4. The number of hydrogen-bond donors (Lipinski definition) is 3. The van der Waals surface area contributed by atoms with Crippen LogP contribution in [0.2, 0.25) is 5.02 Å². The van der Waals surface area contributed by atoms with E-state index in [-0.39, 0.29) is 22.0 Å². The molecule has 0 fully saturated rings. The normalized spacial score (nSPS) is 12.4. The van der Waals surface area contributed by atoms with E-state index in [0.717, 1.165) is 0 Å². The molecule has 0 aliphatic carbocycles. The molecule has 0 saturated heterocycles. The van der Waals surface area contributed by atoms with Crippen molar-refractivity contribution >= 4 is 33.2 Å². The molecule has 1 rings (SSSR count). The second-order valence-corrected chi connectivity index (χ2v) is 7.33. The molecule has 0 unspecified atom stereocenters. The Labute approximate surface area is 123 Å². The van der Waals surface area contributed by atoms with Crippen LogP contribution in [0.5, 0.6) is 0 Å². The van der Waals surface area contributed by atoms with Gasteiger partial charge < -0.3 is 11.5 Å². The number of nitrogens with two attached hydrogens (primary N) is 2. The van der Waals surface area contributed by atoms with Gasteiger partial charge in [-0.2, -0.15) is 0 Å². The topological polar surface area (TPSA) is 115 Å². The fourth-order valence-electron chi connectivity index (χ4n) is 1.85. The number of carbonyl (C=O) groups is 1. The van der Waals surface area contributed by atoms with Gasteiger partial charge in [0.1, 0.15) is 0 Å². The predicted octanol–water partition coefficient (Wildman–Crippen LogP) is 1.16. The van der Waals surface area contributed by atoms with Crippen LogP contribution in [0, 0.1) is 6.92 Å². The van der Waals surface area contributed by atoms with E-state index in [9.17, 15) is 13.2 Å². The second-order valence-electron chi connectivity index (χ2n) is 5.27. The fraction of sp³-hybridized carbons (Fsp3) is 0.417. The monoisotopic (exact) mass is 319 g/mol. The fourth-order valence-corrected chi connectivity index (χ4v) is 3.74. The van der Waals surface area contributed by atoms with E-state index >= 15 is 0 Å². The highest BCUT2D eigenvalue weighted by molar-refractivity contribution is 7.89. The minimum absolute atomic E-state index is 0.0249. The number of halogens is 1. The molecule has 0 atom stereocenters. The molecule has 1 amide bonds. The largest absolute Gasteiger partial charge is 0.397 e. The van der Waals surface area contributed by atoms with E-state index in [1.54, 1.807) is 20.8 Å². The quantitative estimate of drug-likeness (QED) is 0.706. The number of aryl methyl sites for hydroxylation is 1. The van der Waals surface area contributed by atoms with E-state index in [2.05, 4.69) is 4.72 Å². The minimum atomic E-state index is -3.83. The van der Waals surface area contributed by atoms with E-state index in [0.29, 0.717) is 5.56 Å². The number of nitrogen functional groups attached to an aromatic ring is 1. The Morgan fingerprint density at radius 3 is 2.45 bits per heavy atom. The molecular weight excluding hydrogens is 302 g/mol. The first-order chi connectivity index (χ1) is 8.94. The summed E-state index contributed by atoms with van der Waals surface area (Å²) < 4.78 is 27.1. The molecule has 0 aliphatic rings. The van der Waals surface area contributed by atoms with Gasteiger partial charge in [0.05, 0.1) is 15.6 Å². The first kappa shape index (κ1) is 16.7. The lowest BCUT2D eigenvalue weighted by Crippen LogP contribution is -2.46. The molecule has 1 aromatic carbocycles. The standard InChI is InChI=1S/C12H18ClN3O3S/c1-7-4-8(13)9(14)5-10(7)20(18,19)16-12(2,3)6-11(15)17/h4-5,16H,6,14H2,1-3H3,(H2,15,17). The van der Waals surface area contributed by atoms with Crippen LogP contribution in [0.4, 0.5) is 5.69 Å². The molecule has 20 heavy (non-hydrogen) atoms. The summed E-state index contributed by atoms with van der Waals surface area (Å²) in [7, 11) is -3.83. The lowest BCUT2D eigenvalue weighted by molar-refractivity contribution is -0.119. The van der Waals surface area contributed by atoms with Gasteiger partial charge in [-0.25, -0.2) is 13.1 Å². The van der Waals surface area contributed by atoms with Gasteiger partial charge in [0.2, 0.25) is 15.9 Å². The lowest BCUT2D eigenvalue weighted by Gasteiger charge is -2.25. The van der Waals surface area contributed by atoms with Crippen molar-refractivity contribution in [3.63, 3.8) is 0 Å². The third-order valence-corrected chi connectivity index (χ3v) is 4.78. The van der Waals surface area contributed by atoms with Crippen LogP contribution in [-0.2, 0) is 14.8 Å². The zero-order valence-electron chi connectivity index (χ0n) is 11.5. The van der Waals surface area contributed by atoms with Crippen molar-refractivity contribution in [2.24, 2.45) is 5.73 Å². The number of rotatable bonds is 5. The van der Waals surface area contributed by atoms with Crippen LogP contribution in [-0.4, -0.2) is 19.9 Å². The highest BCUT2D eigenvalue weighted by Gasteiger charge is 2.29. The predicted molar refractivity (Wildman–Crippen MR) is 78.8 cm³/mol. The first-order valence-corrected chi connectivity index (χ1v) is 7.68. The molecular formula is C12H18ClN3O3S. The van der Waals surface area contributed by atoms with Gasteiger partial charge in [-0.15, -0.1) is 0 Å². The van der Waals surface area contributed by atoms with Crippen molar-refractivity contribution in [2.75, 3.05) is 5.73 Å². The SMILES string of the molecule is Cc1cc(Cl)c(N)cc1S(=O)(=O)NC(C)(C)CC(N)=O. The molecule has 112 valence electrons. The van der Waals surface area contributed by atoms with Crippen molar-refractivity contribution in [1.29, 1.82) is 0 Å². The van der Waals surface area contributed by atoms with Crippen molar-refractivity contribution in [3.05, 3.63) is 22.7 Å². The lowest BCUT2D eigenvalue weighted by atomic mass is 10.0. The summed E-state index contributed by atoms with van der Waals surface area (Å²) in [6.07, 6.45) is -0.117. The Balaban J connectivity index is 3.18. The highest BCUT2D eigenvalue weighted by Crippen LogP contribution is 2.27. The molecule has 0 saturated carbocycles. The molecule has 8 heteroatoms. The van der Waals surface area contributed by atoms with Crippen LogP contribution < -0.4 is 16.2 Å². The highest BCUT2D eigenvalue weighted by atomic mass is 35.5. The first-order valence-electron chi connectivity index (χ1n) is 5.82. The van der Waals surface area contributed by atoms with Gasteiger partial charge in [-0.3, -0.25) is 4.79 Å². The second kappa shape index (κ2) is 5.59. The number of hydrogen-bond acceptors (Lipinski definition) is 4. The zero-order valence-corrected chi connectivity index (χ0v) is 13.1. The molecule has 0 aliphatic heterocycles. The van der Waals surface area contributed by atoms with Crippen LogP contribution >= 0.6 is 11.6 Å². The van der Waals surface area contributed by atoms with Gasteiger partial charge in [0.15, 0.2) is 0 Å². The van der Waals surface area contributed by atoms with E-state index < -0.39 is 21.5 Å². The Morgan fingerprint density at radius 2 is 1.95 bits per heavy atom. The van der Waals surface area contributed by atoms with Crippen molar-refractivity contribution < 1.29 is 13.2 Å². The number of sulfonamides is 1. The molecule has 0 spiro atoms. The number of primary amides is 1. The summed E-state index contributed by atoms with van der Waals surface area (Å²) in [4.78, 5) is 11.0. The number of amides is 1. The maximum Gasteiger partial charge on any atom is 0.241 e. The molecule has 0 radical (unpaired) electrons. The Morgan fingerprint density at radius 1 is 1.40 bits per heavy atom. The molecule has 6 nitrogen and oxygen atoms in total. The van der Waals surface area contributed by atoms with Crippen molar-refractivity contribution in [3.8, 4) is 0 Å². The van der Waals surface area contributed by atoms with Gasteiger partial charge in [0.25, 0.3) is 0 Å². The Bertz CT molecular complexity index is 642. The Kier molecular flexibility index (Phi) is 4.68. The van der Waals surface area contributed by atoms with Crippen LogP contribution in [0.3, 0.4) is 0 Å². The van der Waals surface area contributed by atoms with Crippen LogP contribution in [0.1, 0.15) is 25.8 Å². The maximum absolute atomic E-state index is 12.4. The van der Waals surface area contributed by atoms with Gasteiger partial charge >= 0.3 is 0 Å². The van der Waals surface area contributed by atoms with E-state index in [4.69, 9.17) is 23.1 Å². The molecule has 0 aromatic heterocycles. The summed E-state index contributed by atoms with van der Waals surface area (Å²) in [6, 6.07) is 2.77. The van der Waals surface area contributed by atoms with Crippen LogP contribution in [0.15, 0.2) is 17.0 Å². The number of anilines is 1. The van der Waals surface area contributed by atoms with E-state index in [1.807, 2.05) is 0 Å². The molecule has 5 N–H and O–H groups in total.